The van der Waals surface area contributed by atoms with E-state index in [2.05, 4.69) is 12.1 Å². The molecule has 1 aliphatic carbocycles. The van der Waals surface area contributed by atoms with E-state index in [9.17, 15) is 9.90 Å². The monoisotopic (exact) mass is 300 g/mol. The number of hydrogen-bond donors (Lipinski definition) is 1. The van der Waals surface area contributed by atoms with Crippen LogP contribution in [-0.4, -0.2) is 10.9 Å². The van der Waals surface area contributed by atoms with Crippen molar-refractivity contribution in [3.63, 3.8) is 0 Å². The van der Waals surface area contributed by atoms with Gasteiger partial charge >= 0.3 is 0 Å². The Morgan fingerprint density at radius 1 is 0.739 bits per heavy atom. The third-order valence-corrected chi connectivity index (χ3v) is 4.74. The van der Waals surface area contributed by atoms with E-state index < -0.39 is 5.41 Å². The van der Waals surface area contributed by atoms with Crippen LogP contribution in [0.15, 0.2) is 78.9 Å². The number of carbonyl (C=O) groups is 1. The maximum Gasteiger partial charge on any atom is 0.164 e. The SMILES string of the molecule is O=C1CC(c2ccccc2)(c2ccc(O)cc2)c2ccccc21. The highest BCUT2D eigenvalue weighted by molar-refractivity contribution is 6.03. The van der Waals surface area contributed by atoms with E-state index in [1.807, 2.05) is 54.6 Å². The zero-order chi connectivity index (χ0) is 15.9. The first kappa shape index (κ1) is 13.8. The lowest BCUT2D eigenvalue weighted by molar-refractivity contribution is 0.0984. The minimum Gasteiger partial charge on any atom is -0.508 e. The van der Waals surface area contributed by atoms with Crippen molar-refractivity contribution < 1.29 is 9.90 Å². The Balaban J connectivity index is 2.04. The molecule has 3 aromatic rings. The summed E-state index contributed by atoms with van der Waals surface area (Å²) in [5.41, 5.74) is 3.48. The topological polar surface area (TPSA) is 37.3 Å². The number of carbonyl (C=O) groups excluding carboxylic acids is 1. The molecule has 1 unspecified atom stereocenters. The summed E-state index contributed by atoms with van der Waals surface area (Å²) < 4.78 is 0. The Morgan fingerprint density at radius 3 is 2.09 bits per heavy atom. The fourth-order valence-electron chi connectivity index (χ4n) is 3.68. The molecule has 23 heavy (non-hydrogen) atoms. The molecule has 0 heterocycles. The van der Waals surface area contributed by atoms with Crippen LogP contribution in [0.5, 0.6) is 5.75 Å². The lowest BCUT2D eigenvalue weighted by Crippen LogP contribution is -2.26. The molecule has 0 aromatic heterocycles. The van der Waals surface area contributed by atoms with Crippen molar-refractivity contribution in [1.29, 1.82) is 0 Å². The number of hydrogen-bond acceptors (Lipinski definition) is 2. The van der Waals surface area contributed by atoms with Crippen molar-refractivity contribution in [3.8, 4) is 5.75 Å². The van der Waals surface area contributed by atoms with Crippen LogP contribution in [-0.2, 0) is 5.41 Å². The average molecular weight is 300 g/mol. The Kier molecular flexibility index (Phi) is 3.05. The van der Waals surface area contributed by atoms with E-state index in [1.54, 1.807) is 12.1 Å². The Bertz CT molecular complexity index is 866. The number of phenols is 1. The molecule has 2 nitrogen and oxygen atoms in total. The minimum absolute atomic E-state index is 0.164. The second-order valence-electron chi connectivity index (χ2n) is 5.96. The van der Waals surface area contributed by atoms with E-state index in [-0.39, 0.29) is 11.5 Å². The van der Waals surface area contributed by atoms with Crippen molar-refractivity contribution in [2.45, 2.75) is 11.8 Å². The first-order valence-electron chi connectivity index (χ1n) is 7.69. The maximum absolute atomic E-state index is 12.6. The third-order valence-electron chi connectivity index (χ3n) is 4.74. The second kappa shape index (κ2) is 5.10. The molecule has 1 atom stereocenters. The van der Waals surface area contributed by atoms with Crippen molar-refractivity contribution in [1.82, 2.24) is 0 Å². The summed E-state index contributed by atoms with van der Waals surface area (Å²) >= 11 is 0. The van der Waals surface area contributed by atoms with Crippen LogP contribution in [0.4, 0.5) is 0 Å². The molecule has 4 rings (SSSR count). The molecule has 0 amide bonds. The number of rotatable bonds is 2. The molecule has 1 aliphatic rings. The Labute approximate surface area is 135 Å². The fourth-order valence-corrected chi connectivity index (χ4v) is 3.68. The molecular formula is C21H16O2. The summed E-state index contributed by atoms with van der Waals surface area (Å²) in [6.45, 7) is 0. The summed E-state index contributed by atoms with van der Waals surface area (Å²) in [4.78, 5) is 12.6. The normalized spacial score (nSPS) is 19.6. The molecule has 0 spiro atoms. The van der Waals surface area contributed by atoms with E-state index in [1.165, 1.54) is 0 Å². The van der Waals surface area contributed by atoms with Gasteiger partial charge in [0.05, 0.1) is 5.41 Å². The van der Waals surface area contributed by atoms with Crippen molar-refractivity contribution in [2.75, 3.05) is 0 Å². The van der Waals surface area contributed by atoms with Gasteiger partial charge in [-0.3, -0.25) is 4.79 Å². The predicted octanol–water partition coefficient (Wildman–Crippen LogP) is 4.31. The maximum atomic E-state index is 12.6. The molecule has 0 bridgehead atoms. The molecule has 2 heteroatoms. The van der Waals surface area contributed by atoms with Gasteiger partial charge in [-0.05, 0) is 28.8 Å². The Hall–Kier alpha value is -2.87. The smallest absolute Gasteiger partial charge is 0.164 e. The largest absolute Gasteiger partial charge is 0.508 e. The van der Waals surface area contributed by atoms with Gasteiger partial charge in [-0.25, -0.2) is 0 Å². The molecule has 0 aliphatic heterocycles. The lowest BCUT2D eigenvalue weighted by atomic mass is 9.70. The van der Waals surface area contributed by atoms with Crippen LogP contribution in [0.3, 0.4) is 0 Å². The van der Waals surface area contributed by atoms with Gasteiger partial charge in [0, 0.05) is 12.0 Å². The highest BCUT2D eigenvalue weighted by atomic mass is 16.3. The number of fused-ring (bicyclic) bond motifs is 1. The quantitative estimate of drug-likeness (QED) is 0.765. The van der Waals surface area contributed by atoms with Gasteiger partial charge in [0.2, 0.25) is 0 Å². The second-order valence-corrected chi connectivity index (χ2v) is 5.96. The summed E-state index contributed by atoms with van der Waals surface area (Å²) in [6.07, 6.45) is 0.418. The van der Waals surface area contributed by atoms with Gasteiger partial charge in [-0.1, -0.05) is 66.7 Å². The van der Waals surface area contributed by atoms with E-state index in [0.717, 1.165) is 22.3 Å². The molecular weight excluding hydrogens is 284 g/mol. The van der Waals surface area contributed by atoms with Gasteiger partial charge in [-0.15, -0.1) is 0 Å². The van der Waals surface area contributed by atoms with Crippen molar-refractivity contribution >= 4 is 5.78 Å². The van der Waals surface area contributed by atoms with Gasteiger partial charge in [0.1, 0.15) is 5.75 Å². The van der Waals surface area contributed by atoms with E-state index in [4.69, 9.17) is 0 Å². The molecule has 1 N–H and O–H groups in total. The van der Waals surface area contributed by atoms with Crippen LogP contribution in [0.2, 0.25) is 0 Å². The Morgan fingerprint density at radius 2 is 1.35 bits per heavy atom. The van der Waals surface area contributed by atoms with Crippen LogP contribution in [0, 0.1) is 0 Å². The minimum atomic E-state index is -0.483. The zero-order valence-electron chi connectivity index (χ0n) is 12.6. The zero-order valence-corrected chi connectivity index (χ0v) is 12.6. The van der Waals surface area contributed by atoms with Gasteiger partial charge in [0.25, 0.3) is 0 Å². The van der Waals surface area contributed by atoms with Crippen LogP contribution in [0.1, 0.15) is 33.5 Å². The van der Waals surface area contributed by atoms with Crippen LogP contribution < -0.4 is 0 Å². The average Bonchev–Trinajstić information content (AvgIpc) is 2.91. The van der Waals surface area contributed by atoms with Crippen molar-refractivity contribution in [3.05, 3.63) is 101 Å². The molecule has 3 aromatic carbocycles. The highest BCUT2D eigenvalue weighted by Crippen LogP contribution is 2.48. The van der Waals surface area contributed by atoms with Gasteiger partial charge in [0.15, 0.2) is 5.78 Å². The predicted molar refractivity (Wildman–Crippen MR) is 89.8 cm³/mol. The van der Waals surface area contributed by atoms with Crippen LogP contribution >= 0.6 is 0 Å². The molecule has 0 fully saturated rings. The molecule has 0 saturated heterocycles. The molecule has 0 radical (unpaired) electrons. The number of benzene rings is 3. The summed E-state index contributed by atoms with van der Waals surface area (Å²) in [6, 6.07) is 25.2. The first-order chi connectivity index (χ1) is 11.2. The fraction of sp³-hybridized carbons (Fsp3) is 0.0952. The van der Waals surface area contributed by atoms with Crippen molar-refractivity contribution in [2.24, 2.45) is 0 Å². The standard InChI is InChI=1S/C21H16O2/c22-17-12-10-16(11-13-17)21(15-6-2-1-3-7-15)14-20(23)18-8-4-5-9-19(18)21/h1-13,22H,14H2. The number of ketones is 1. The van der Waals surface area contributed by atoms with Crippen LogP contribution in [0.25, 0.3) is 0 Å². The van der Waals surface area contributed by atoms with Gasteiger partial charge < -0.3 is 5.11 Å². The lowest BCUT2D eigenvalue weighted by Gasteiger charge is -2.31. The number of aromatic hydroxyl groups is 1. The molecule has 0 saturated carbocycles. The first-order valence-corrected chi connectivity index (χ1v) is 7.69. The number of Topliss-reactive ketones (excluding diaryl/α,β-unsaturated/α-hetero) is 1. The van der Waals surface area contributed by atoms with E-state index >= 15 is 0 Å². The number of phenolic OH excluding ortho intramolecular Hbond substituents is 1. The van der Waals surface area contributed by atoms with Gasteiger partial charge in [-0.2, -0.15) is 0 Å². The van der Waals surface area contributed by atoms with E-state index in [0.29, 0.717) is 6.42 Å². The molecule has 112 valence electrons. The summed E-state index contributed by atoms with van der Waals surface area (Å²) in [5, 5.41) is 9.63. The summed E-state index contributed by atoms with van der Waals surface area (Å²) in [5.74, 6) is 0.395. The highest BCUT2D eigenvalue weighted by Gasteiger charge is 2.45. The third kappa shape index (κ3) is 1.99. The summed E-state index contributed by atoms with van der Waals surface area (Å²) in [7, 11) is 0.